The van der Waals surface area contributed by atoms with Crippen LogP contribution in [0.5, 0.6) is 5.75 Å². The third-order valence-corrected chi connectivity index (χ3v) is 6.09. The first kappa shape index (κ1) is 22.4. The first-order chi connectivity index (χ1) is 15.6. The van der Waals surface area contributed by atoms with Gasteiger partial charge in [0.25, 0.3) is 0 Å². The lowest BCUT2D eigenvalue weighted by Crippen LogP contribution is -2.23. The zero-order valence-electron chi connectivity index (χ0n) is 18.3. The van der Waals surface area contributed by atoms with Crippen molar-refractivity contribution in [3.05, 3.63) is 101 Å². The Labute approximate surface area is 188 Å². The Morgan fingerprint density at radius 1 is 0.938 bits per heavy atom. The van der Waals surface area contributed by atoms with Crippen LogP contribution in [-0.4, -0.2) is 38.3 Å². The zero-order chi connectivity index (χ0) is 22.3. The maximum atomic E-state index is 13.4. The minimum Gasteiger partial charge on any atom is -0.497 e. The summed E-state index contributed by atoms with van der Waals surface area (Å²) in [7, 11) is 1.70. The third kappa shape index (κ3) is 5.72. The Hall–Kier alpha value is -2.76. The van der Waals surface area contributed by atoms with Crippen molar-refractivity contribution in [2.24, 2.45) is 0 Å². The second-order valence-electron chi connectivity index (χ2n) is 8.27. The second kappa shape index (κ2) is 10.7. The molecule has 32 heavy (non-hydrogen) atoms. The first-order valence-corrected chi connectivity index (χ1v) is 11.1. The molecule has 1 saturated heterocycles. The van der Waals surface area contributed by atoms with Crippen LogP contribution in [-0.2, 0) is 4.74 Å². The number of nitrogens with zero attached hydrogens (tertiary/aromatic N) is 1. The first-order valence-electron chi connectivity index (χ1n) is 11.1. The summed E-state index contributed by atoms with van der Waals surface area (Å²) in [4.78, 5) is 2.47. The van der Waals surface area contributed by atoms with Gasteiger partial charge in [-0.1, -0.05) is 36.4 Å². The summed E-state index contributed by atoms with van der Waals surface area (Å²) < 4.78 is 38.3. The van der Waals surface area contributed by atoms with Crippen LogP contribution in [0.3, 0.4) is 0 Å². The molecule has 4 rings (SSSR count). The van der Waals surface area contributed by atoms with Crippen molar-refractivity contribution in [1.82, 2.24) is 4.90 Å². The van der Waals surface area contributed by atoms with Gasteiger partial charge in [-0.25, -0.2) is 8.78 Å². The molecule has 5 heteroatoms. The molecule has 0 amide bonds. The third-order valence-electron chi connectivity index (χ3n) is 6.09. The summed E-state index contributed by atoms with van der Waals surface area (Å²) in [5.74, 6) is 0.858. The van der Waals surface area contributed by atoms with E-state index in [0.717, 1.165) is 49.4 Å². The molecule has 1 aliphatic rings. The lowest BCUT2D eigenvalue weighted by molar-refractivity contribution is 0.0729. The minimum atomic E-state index is -0.348. The molecule has 1 unspecified atom stereocenters. The minimum absolute atomic E-state index is 0.286. The van der Waals surface area contributed by atoms with Crippen molar-refractivity contribution in [1.29, 1.82) is 0 Å². The van der Waals surface area contributed by atoms with E-state index in [9.17, 15) is 8.78 Å². The van der Waals surface area contributed by atoms with Crippen LogP contribution in [0.2, 0.25) is 0 Å². The number of methoxy groups -OCH3 is 1. The van der Waals surface area contributed by atoms with Gasteiger partial charge in [-0.05, 0) is 78.4 Å². The number of hydrogen-bond donors (Lipinski definition) is 0. The Bertz CT molecular complexity index is 946. The monoisotopic (exact) mass is 437 g/mol. The zero-order valence-corrected chi connectivity index (χ0v) is 18.3. The van der Waals surface area contributed by atoms with Gasteiger partial charge in [-0.15, -0.1) is 0 Å². The van der Waals surface area contributed by atoms with Crippen LogP contribution in [0.4, 0.5) is 8.78 Å². The molecule has 1 atom stereocenters. The molecule has 3 aromatic carbocycles. The summed E-state index contributed by atoms with van der Waals surface area (Å²) in [5.41, 5.74) is 3.05. The van der Waals surface area contributed by atoms with Crippen molar-refractivity contribution >= 4 is 0 Å². The highest BCUT2D eigenvalue weighted by atomic mass is 19.1. The quantitative estimate of drug-likeness (QED) is 0.386. The number of ether oxygens (including phenoxy) is 2. The van der Waals surface area contributed by atoms with Gasteiger partial charge in [-0.2, -0.15) is 0 Å². The average molecular weight is 438 g/mol. The maximum Gasteiger partial charge on any atom is 0.123 e. The summed E-state index contributed by atoms with van der Waals surface area (Å²) >= 11 is 0. The predicted octanol–water partition coefficient (Wildman–Crippen LogP) is 5.96. The van der Waals surface area contributed by atoms with Crippen LogP contribution < -0.4 is 4.74 Å². The fraction of sp³-hybridized carbons (Fsp3) is 0.333. The van der Waals surface area contributed by atoms with Crippen LogP contribution in [0.1, 0.15) is 41.6 Å². The lowest BCUT2D eigenvalue weighted by Gasteiger charge is -2.21. The molecule has 1 heterocycles. The standard InChI is InChI=1S/C27H29F2NO2/c1-31-26-5-2-4-22(18-26)23-14-16-30(19-23)15-3-17-32-27(20-6-10-24(28)11-7-20)21-8-12-25(29)13-9-21/h2,4-13,18,23,27H,3,14-17,19H2,1H3. The van der Waals surface area contributed by atoms with Gasteiger partial charge < -0.3 is 14.4 Å². The molecule has 0 aliphatic carbocycles. The summed E-state index contributed by atoms with van der Waals surface area (Å²) in [5, 5.41) is 0. The number of likely N-dealkylation sites (tertiary alicyclic amines) is 1. The van der Waals surface area contributed by atoms with E-state index in [1.165, 1.54) is 29.8 Å². The molecular weight excluding hydrogens is 408 g/mol. The van der Waals surface area contributed by atoms with Crippen LogP contribution in [0.25, 0.3) is 0 Å². The SMILES string of the molecule is COc1cccc(C2CCN(CCCOC(c3ccc(F)cc3)c3ccc(F)cc3)C2)c1. The Balaban J connectivity index is 1.31. The van der Waals surface area contributed by atoms with Crippen LogP contribution in [0, 0.1) is 11.6 Å². The lowest BCUT2D eigenvalue weighted by atomic mass is 9.98. The molecule has 3 aromatic rings. The molecule has 168 valence electrons. The summed E-state index contributed by atoms with van der Waals surface area (Å²) in [6, 6.07) is 21.0. The number of hydrogen-bond acceptors (Lipinski definition) is 3. The maximum absolute atomic E-state index is 13.4. The second-order valence-corrected chi connectivity index (χ2v) is 8.27. The van der Waals surface area contributed by atoms with Crippen molar-refractivity contribution in [3.63, 3.8) is 0 Å². The van der Waals surface area contributed by atoms with Gasteiger partial charge in [0, 0.05) is 19.7 Å². The molecular formula is C27H29F2NO2. The predicted molar refractivity (Wildman–Crippen MR) is 122 cm³/mol. The van der Waals surface area contributed by atoms with Gasteiger partial charge in [0.2, 0.25) is 0 Å². The molecule has 1 aliphatic heterocycles. The van der Waals surface area contributed by atoms with E-state index in [0.29, 0.717) is 12.5 Å². The molecule has 0 saturated carbocycles. The van der Waals surface area contributed by atoms with Crippen LogP contribution >= 0.6 is 0 Å². The van der Waals surface area contributed by atoms with E-state index in [2.05, 4.69) is 23.1 Å². The van der Waals surface area contributed by atoms with E-state index in [1.807, 2.05) is 6.07 Å². The van der Waals surface area contributed by atoms with Gasteiger partial charge >= 0.3 is 0 Å². The molecule has 0 aromatic heterocycles. The Kier molecular flexibility index (Phi) is 7.51. The van der Waals surface area contributed by atoms with Crippen molar-refractivity contribution in [2.45, 2.75) is 24.9 Å². The smallest absolute Gasteiger partial charge is 0.123 e. The van der Waals surface area contributed by atoms with Gasteiger partial charge in [0.05, 0.1) is 7.11 Å². The van der Waals surface area contributed by atoms with E-state index in [4.69, 9.17) is 9.47 Å². The number of benzene rings is 3. The Morgan fingerprint density at radius 3 is 2.22 bits per heavy atom. The van der Waals surface area contributed by atoms with E-state index in [1.54, 1.807) is 31.4 Å². The number of halogens is 2. The highest BCUT2D eigenvalue weighted by Gasteiger charge is 2.24. The highest BCUT2D eigenvalue weighted by Crippen LogP contribution is 2.30. The van der Waals surface area contributed by atoms with Crippen molar-refractivity contribution < 1.29 is 18.3 Å². The highest BCUT2D eigenvalue weighted by molar-refractivity contribution is 5.32. The van der Waals surface area contributed by atoms with E-state index < -0.39 is 0 Å². The van der Waals surface area contributed by atoms with Gasteiger partial charge in [-0.3, -0.25) is 0 Å². The van der Waals surface area contributed by atoms with E-state index in [-0.39, 0.29) is 17.7 Å². The fourth-order valence-corrected chi connectivity index (χ4v) is 4.35. The molecule has 0 bridgehead atoms. The average Bonchev–Trinajstić information content (AvgIpc) is 3.30. The normalized spacial score (nSPS) is 16.6. The van der Waals surface area contributed by atoms with Gasteiger partial charge in [0.1, 0.15) is 23.5 Å². The molecule has 0 radical (unpaired) electrons. The largest absolute Gasteiger partial charge is 0.497 e. The van der Waals surface area contributed by atoms with Crippen molar-refractivity contribution in [3.8, 4) is 5.75 Å². The number of rotatable bonds is 9. The van der Waals surface area contributed by atoms with Crippen molar-refractivity contribution in [2.75, 3.05) is 33.4 Å². The fourth-order valence-electron chi connectivity index (χ4n) is 4.35. The summed E-state index contributed by atoms with van der Waals surface area (Å²) in [6.07, 6.45) is 1.69. The Morgan fingerprint density at radius 2 is 1.59 bits per heavy atom. The molecule has 1 fully saturated rings. The summed E-state index contributed by atoms with van der Waals surface area (Å²) in [6.45, 7) is 3.63. The topological polar surface area (TPSA) is 21.7 Å². The van der Waals surface area contributed by atoms with E-state index >= 15 is 0 Å². The molecule has 0 spiro atoms. The van der Waals surface area contributed by atoms with Gasteiger partial charge in [0.15, 0.2) is 0 Å². The molecule has 3 nitrogen and oxygen atoms in total. The molecule has 0 N–H and O–H groups in total. The van der Waals surface area contributed by atoms with Crippen LogP contribution in [0.15, 0.2) is 72.8 Å².